The van der Waals surface area contributed by atoms with E-state index in [1.165, 1.54) is 4.68 Å². The first-order chi connectivity index (χ1) is 9.16. The normalized spacial score (nSPS) is 12.3. The summed E-state index contributed by atoms with van der Waals surface area (Å²) in [7, 11) is 1.73. The van der Waals surface area contributed by atoms with Gasteiger partial charge in [-0.3, -0.25) is 4.79 Å². The number of tetrazole rings is 1. The van der Waals surface area contributed by atoms with Crippen molar-refractivity contribution < 1.29 is 4.79 Å². The van der Waals surface area contributed by atoms with Crippen molar-refractivity contribution in [1.29, 1.82) is 0 Å². The zero-order valence-corrected chi connectivity index (χ0v) is 10.7. The minimum Gasteiger partial charge on any atom is -0.368 e. The van der Waals surface area contributed by atoms with Gasteiger partial charge in [0.05, 0.1) is 6.04 Å². The zero-order chi connectivity index (χ0) is 13.7. The van der Waals surface area contributed by atoms with E-state index in [1.807, 2.05) is 30.3 Å². The molecule has 2 rings (SSSR count). The van der Waals surface area contributed by atoms with Crippen LogP contribution in [0.15, 0.2) is 30.3 Å². The van der Waals surface area contributed by atoms with Crippen molar-refractivity contribution in [2.45, 2.75) is 19.0 Å². The lowest BCUT2D eigenvalue weighted by Crippen LogP contribution is -2.43. The molecule has 100 valence electrons. The number of hydrogen-bond donors (Lipinski definition) is 2. The van der Waals surface area contributed by atoms with E-state index in [0.717, 1.165) is 5.56 Å². The summed E-state index contributed by atoms with van der Waals surface area (Å²) in [5.41, 5.74) is 6.48. The Bertz CT molecular complexity index is 538. The average molecular weight is 260 g/mol. The Morgan fingerprint density at radius 3 is 2.74 bits per heavy atom. The second-order valence-electron chi connectivity index (χ2n) is 4.24. The average Bonchev–Trinajstić information content (AvgIpc) is 2.81. The Morgan fingerprint density at radius 2 is 2.16 bits per heavy atom. The number of aryl methyl sites for hydroxylation is 1. The number of amides is 1. The Kier molecular flexibility index (Phi) is 4.19. The summed E-state index contributed by atoms with van der Waals surface area (Å²) in [5, 5.41) is 14.2. The third-order valence-corrected chi connectivity index (χ3v) is 2.83. The molecular formula is C12H16N6O. The van der Waals surface area contributed by atoms with Crippen molar-refractivity contribution in [3.8, 4) is 0 Å². The molecule has 2 aromatic rings. The van der Waals surface area contributed by atoms with Gasteiger partial charge in [0.2, 0.25) is 5.91 Å². The maximum absolute atomic E-state index is 11.4. The SMILES string of the molecule is Cn1nnnc1CC(NCc1ccccc1)C(N)=O. The lowest BCUT2D eigenvalue weighted by molar-refractivity contribution is -0.120. The van der Waals surface area contributed by atoms with Crippen LogP contribution in [-0.4, -0.2) is 32.2 Å². The van der Waals surface area contributed by atoms with Gasteiger partial charge in [0.15, 0.2) is 5.82 Å². The molecule has 0 spiro atoms. The van der Waals surface area contributed by atoms with Crippen LogP contribution in [-0.2, 0) is 24.8 Å². The number of nitrogens with zero attached hydrogens (tertiary/aromatic N) is 4. The van der Waals surface area contributed by atoms with Crippen LogP contribution in [0.4, 0.5) is 0 Å². The fraction of sp³-hybridized carbons (Fsp3) is 0.333. The van der Waals surface area contributed by atoms with E-state index < -0.39 is 11.9 Å². The minimum absolute atomic E-state index is 0.367. The van der Waals surface area contributed by atoms with Gasteiger partial charge in [0.25, 0.3) is 0 Å². The largest absolute Gasteiger partial charge is 0.368 e. The van der Waals surface area contributed by atoms with Crippen LogP contribution in [0.3, 0.4) is 0 Å². The first kappa shape index (κ1) is 13.2. The van der Waals surface area contributed by atoms with Gasteiger partial charge in [0, 0.05) is 20.0 Å². The highest BCUT2D eigenvalue weighted by molar-refractivity contribution is 5.80. The van der Waals surface area contributed by atoms with E-state index >= 15 is 0 Å². The first-order valence-corrected chi connectivity index (χ1v) is 5.94. The molecule has 1 amide bonds. The smallest absolute Gasteiger partial charge is 0.235 e. The van der Waals surface area contributed by atoms with Gasteiger partial charge >= 0.3 is 0 Å². The van der Waals surface area contributed by atoms with E-state index in [0.29, 0.717) is 18.8 Å². The van der Waals surface area contributed by atoms with E-state index in [9.17, 15) is 4.79 Å². The maximum atomic E-state index is 11.4. The summed E-state index contributed by atoms with van der Waals surface area (Å²) < 4.78 is 1.53. The molecule has 1 unspecified atom stereocenters. The molecule has 7 heteroatoms. The second-order valence-corrected chi connectivity index (χ2v) is 4.24. The number of nitrogens with two attached hydrogens (primary N) is 1. The summed E-state index contributed by atoms with van der Waals surface area (Å²) in [6, 6.07) is 9.31. The standard InChI is InChI=1S/C12H16N6O/c1-18-11(15-16-17-18)7-10(12(13)19)14-8-9-5-3-2-4-6-9/h2-6,10,14H,7-8H2,1H3,(H2,13,19). The molecule has 19 heavy (non-hydrogen) atoms. The van der Waals surface area contributed by atoms with Gasteiger partial charge in [-0.1, -0.05) is 30.3 Å². The molecule has 0 saturated heterocycles. The maximum Gasteiger partial charge on any atom is 0.235 e. The van der Waals surface area contributed by atoms with Gasteiger partial charge in [-0.05, 0) is 16.0 Å². The molecule has 3 N–H and O–H groups in total. The number of rotatable bonds is 6. The molecule has 1 aromatic heterocycles. The van der Waals surface area contributed by atoms with Crippen molar-refractivity contribution >= 4 is 5.91 Å². The predicted molar refractivity (Wildman–Crippen MR) is 68.8 cm³/mol. The zero-order valence-electron chi connectivity index (χ0n) is 10.7. The lowest BCUT2D eigenvalue weighted by Gasteiger charge is -2.14. The second kappa shape index (κ2) is 6.05. The summed E-state index contributed by atoms with van der Waals surface area (Å²) in [5.74, 6) is 0.197. The molecule has 0 radical (unpaired) electrons. The molecule has 0 aliphatic heterocycles. The summed E-state index contributed by atoms with van der Waals surface area (Å²) in [6.07, 6.45) is 0.367. The quantitative estimate of drug-likeness (QED) is 0.722. The number of nitrogens with one attached hydrogen (secondary N) is 1. The Balaban J connectivity index is 1.97. The van der Waals surface area contributed by atoms with Crippen LogP contribution in [0.25, 0.3) is 0 Å². The minimum atomic E-state index is -0.495. The molecule has 0 bridgehead atoms. The number of primary amides is 1. The van der Waals surface area contributed by atoms with E-state index in [-0.39, 0.29) is 0 Å². The van der Waals surface area contributed by atoms with Gasteiger partial charge in [-0.25, -0.2) is 4.68 Å². The Labute approximate surface area is 110 Å². The van der Waals surface area contributed by atoms with Crippen molar-refractivity contribution in [3.63, 3.8) is 0 Å². The summed E-state index contributed by atoms with van der Waals surface area (Å²) in [4.78, 5) is 11.4. The van der Waals surface area contributed by atoms with Crippen molar-refractivity contribution in [2.75, 3.05) is 0 Å². The van der Waals surface area contributed by atoms with E-state index in [2.05, 4.69) is 20.8 Å². The van der Waals surface area contributed by atoms with Gasteiger partial charge in [-0.15, -0.1) is 5.10 Å². The predicted octanol–water partition coefficient (Wildman–Crippen LogP) is -0.604. The molecule has 1 heterocycles. The van der Waals surface area contributed by atoms with E-state index in [1.54, 1.807) is 7.05 Å². The van der Waals surface area contributed by atoms with Crippen LogP contribution in [0.5, 0.6) is 0 Å². The highest BCUT2D eigenvalue weighted by atomic mass is 16.1. The topological polar surface area (TPSA) is 98.7 Å². The molecule has 0 aliphatic rings. The number of carbonyl (C=O) groups is 1. The van der Waals surface area contributed by atoms with Gasteiger partial charge in [0.1, 0.15) is 0 Å². The number of benzene rings is 1. The highest BCUT2D eigenvalue weighted by Gasteiger charge is 2.18. The monoisotopic (exact) mass is 260 g/mol. The fourth-order valence-corrected chi connectivity index (χ4v) is 1.71. The summed E-state index contributed by atoms with van der Waals surface area (Å²) in [6.45, 7) is 0.569. The molecule has 1 aromatic carbocycles. The fourth-order valence-electron chi connectivity index (χ4n) is 1.71. The first-order valence-electron chi connectivity index (χ1n) is 5.94. The molecule has 0 saturated carbocycles. The summed E-state index contributed by atoms with van der Waals surface area (Å²) >= 11 is 0. The third kappa shape index (κ3) is 3.59. The third-order valence-electron chi connectivity index (χ3n) is 2.83. The number of carbonyl (C=O) groups excluding carboxylic acids is 1. The molecule has 7 nitrogen and oxygen atoms in total. The molecular weight excluding hydrogens is 244 g/mol. The van der Waals surface area contributed by atoms with Crippen LogP contribution in [0.2, 0.25) is 0 Å². The van der Waals surface area contributed by atoms with Crippen molar-refractivity contribution in [3.05, 3.63) is 41.7 Å². The van der Waals surface area contributed by atoms with Gasteiger partial charge in [-0.2, -0.15) is 0 Å². The van der Waals surface area contributed by atoms with E-state index in [4.69, 9.17) is 5.73 Å². The lowest BCUT2D eigenvalue weighted by atomic mass is 10.1. The molecule has 1 atom stereocenters. The highest BCUT2D eigenvalue weighted by Crippen LogP contribution is 2.01. The van der Waals surface area contributed by atoms with Crippen LogP contribution < -0.4 is 11.1 Å². The Morgan fingerprint density at radius 1 is 1.42 bits per heavy atom. The van der Waals surface area contributed by atoms with Crippen LogP contribution >= 0.6 is 0 Å². The van der Waals surface area contributed by atoms with Crippen molar-refractivity contribution in [2.24, 2.45) is 12.8 Å². The Hall–Kier alpha value is -2.28. The van der Waals surface area contributed by atoms with Crippen LogP contribution in [0.1, 0.15) is 11.4 Å². The number of hydrogen-bond acceptors (Lipinski definition) is 5. The van der Waals surface area contributed by atoms with Crippen LogP contribution in [0, 0.1) is 0 Å². The van der Waals surface area contributed by atoms with Crippen molar-refractivity contribution in [1.82, 2.24) is 25.5 Å². The number of aromatic nitrogens is 4. The molecule has 0 aliphatic carbocycles. The molecule has 0 fully saturated rings. The van der Waals surface area contributed by atoms with Gasteiger partial charge < -0.3 is 11.1 Å².